The van der Waals surface area contributed by atoms with Crippen LogP contribution in [0.5, 0.6) is 0 Å². The predicted molar refractivity (Wildman–Crippen MR) is 114 cm³/mol. The van der Waals surface area contributed by atoms with E-state index in [0.29, 0.717) is 17.0 Å². The monoisotopic (exact) mass is 491 g/mol. The van der Waals surface area contributed by atoms with E-state index in [1.54, 1.807) is 18.2 Å². The van der Waals surface area contributed by atoms with Crippen LogP contribution in [0, 0.1) is 0 Å². The van der Waals surface area contributed by atoms with Crippen molar-refractivity contribution in [3.05, 3.63) is 69.2 Å². The molecule has 2 atom stereocenters. The van der Waals surface area contributed by atoms with Gasteiger partial charge in [0.15, 0.2) is 0 Å². The molecule has 10 heteroatoms. The lowest BCUT2D eigenvalue weighted by atomic mass is 10.1. The summed E-state index contributed by atoms with van der Waals surface area (Å²) in [6.45, 7) is 2.02. The molecule has 3 rings (SSSR count). The standard InChI is InChI=1S/C21H18Cl2F3NO3S/c1-2-8-30-20(29)17-11-31-19(13-6-7-15(22)16(23)10-13)27(17)18(28)12-4-3-5-14(9-12)21(24,25)26/h3-7,9-10,17,19H,2,8,11H2,1H3. The fraction of sp³-hybridized carbons (Fsp3) is 0.333. The number of nitrogens with zero attached hydrogens (tertiary/aromatic N) is 1. The van der Waals surface area contributed by atoms with Crippen LogP contribution >= 0.6 is 35.0 Å². The summed E-state index contributed by atoms with van der Waals surface area (Å²) in [7, 11) is 0. The van der Waals surface area contributed by atoms with Crippen molar-refractivity contribution in [3.8, 4) is 0 Å². The fourth-order valence-corrected chi connectivity index (χ4v) is 4.85. The van der Waals surface area contributed by atoms with Gasteiger partial charge in [0, 0.05) is 11.3 Å². The van der Waals surface area contributed by atoms with Gasteiger partial charge in [-0.15, -0.1) is 11.8 Å². The Balaban J connectivity index is 2.00. The number of thioether (sulfide) groups is 1. The molecule has 1 fully saturated rings. The highest BCUT2D eigenvalue weighted by Crippen LogP contribution is 2.44. The molecular formula is C21H18Cl2F3NO3S. The van der Waals surface area contributed by atoms with Gasteiger partial charge in [0.25, 0.3) is 5.91 Å². The Kier molecular flexibility index (Phi) is 7.44. The SMILES string of the molecule is CCCOC(=O)C1CSC(c2ccc(Cl)c(Cl)c2)N1C(=O)c1cccc(C(F)(F)F)c1. The van der Waals surface area contributed by atoms with E-state index in [9.17, 15) is 22.8 Å². The molecular weight excluding hydrogens is 474 g/mol. The van der Waals surface area contributed by atoms with Crippen molar-refractivity contribution in [3.63, 3.8) is 0 Å². The molecule has 0 radical (unpaired) electrons. The van der Waals surface area contributed by atoms with E-state index in [4.69, 9.17) is 27.9 Å². The lowest BCUT2D eigenvalue weighted by Gasteiger charge is -2.29. The first-order valence-corrected chi connectivity index (χ1v) is 11.2. The van der Waals surface area contributed by atoms with Gasteiger partial charge >= 0.3 is 12.1 Å². The van der Waals surface area contributed by atoms with Gasteiger partial charge < -0.3 is 9.64 Å². The molecule has 1 aliphatic rings. The third kappa shape index (κ3) is 5.30. The van der Waals surface area contributed by atoms with Crippen LogP contribution in [-0.4, -0.2) is 35.2 Å². The van der Waals surface area contributed by atoms with Crippen LogP contribution in [0.3, 0.4) is 0 Å². The van der Waals surface area contributed by atoms with Crippen molar-refractivity contribution in [2.45, 2.75) is 30.9 Å². The van der Waals surface area contributed by atoms with Crippen LogP contribution in [0.4, 0.5) is 13.2 Å². The molecule has 1 heterocycles. The van der Waals surface area contributed by atoms with Gasteiger partial charge in [-0.25, -0.2) is 4.79 Å². The van der Waals surface area contributed by atoms with E-state index in [0.717, 1.165) is 18.2 Å². The number of esters is 1. The van der Waals surface area contributed by atoms with E-state index in [1.807, 2.05) is 6.92 Å². The molecule has 0 saturated carbocycles. The van der Waals surface area contributed by atoms with Gasteiger partial charge in [-0.1, -0.05) is 42.3 Å². The first-order valence-electron chi connectivity index (χ1n) is 9.36. The lowest BCUT2D eigenvalue weighted by Crippen LogP contribution is -2.44. The van der Waals surface area contributed by atoms with Crippen molar-refractivity contribution < 1.29 is 27.5 Å². The summed E-state index contributed by atoms with van der Waals surface area (Å²) in [5.41, 5.74) is -0.511. The van der Waals surface area contributed by atoms with Crippen molar-refractivity contribution in [1.29, 1.82) is 0 Å². The summed E-state index contributed by atoms with van der Waals surface area (Å²) in [4.78, 5) is 27.2. The minimum absolute atomic E-state index is 0.171. The summed E-state index contributed by atoms with van der Waals surface area (Å²) in [6, 6.07) is 7.99. The van der Waals surface area contributed by atoms with Gasteiger partial charge in [0.1, 0.15) is 11.4 Å². The number of ether oxygens (including phenoxy) is 1. The highest BCUT2D eigenvalue weighted by atomic mass is 35.5. The van der Waals surface area contributed by atoms with Gasteiger partial charge in [0.05, 0.1) is 22.2 Å². The number of rotatable bonds is 5. The molecule has 0 aliphatic carbocycles. The average molecular weight is 492 g/mol. The zero-order valence-corrected chi connectivity index (χ0v) is 18.6. The fourth-order valence-electron chi connectivity index (χ4n) is 3.14. The number of carbonyl (C=O) groups is 2. The van der Waals surface area contributed by atoms with E-state index >= 15 is 0 Å². The average Bonchev–Trinajstić information content (AvgIpc) is 3.18. The molecule has 2 aromatic rings. The zero-order valence-electron chi connectivity index (χ0n) is 16.3. The van der Waals surface area contributed by atoms with Crippen molar-refractivity contribution >= 4 is 46.8 Å². The van der Waals surface area contributed by atoms with E-state index in [2.05, 4.69) is 0 Å². The van der Waals surface area contributed by atoms with Gasteiger partial charge in [-0.05, 0) is 42.3 Å². The quantitative estimate of drug-likeness (QED) is 0.465. The molecule has 166 valence electrons. The lowest BCUT2D eigenvalue weighted by molar-refractivity contribution is -0.148. The maximum absolute atomic E-state index is 13.3. The molecule has 1 saturated heterocycles. The molecule has 0 bridgehead atoms. The van der Waals surface area contributed by atoms with Crippen LogP contribution in [0.25, 0.3) is 0 Å². The van der Waals surface area contributed by atoms with Crippen molar-refractivity contribution in [1.82, 2.24) is 4.90 Å². The molecule has 0 N–H and O–H groups in total. The van der Waals surface area contributed by atoms with E-state index in [1.165, 1.54) is 22.7 Å². The third-order valence-electron chi connectivity index (χ3n) is 4.62. The summed E-state index contributed by atoms with van der Waals surface area (Å²) < 4.78 is 44.7. The maximum Gasteiger partial charge on any atom is 0.416 e. The van der Waals surface area contributed by atoms with Gasteiger partial charge in [-0.2, -0.15) is 13.2 Å². The molecule has 0 spiro atoms. The van der Waals surface area contributed by atoms with Crippen LogP contribution in [0.15, 0.2) is 42.5 Å². The molecule has 2 unspecified atom stereocenters. The van der Waals surface area contributed by atoms with Crippen molar-refractivity contribution in [2.24, 2.45) is 0 Å². The summed E-state index contributed by atoms with van der Waals surface area (Å²) in [6.07, 6.45) is -4.00. The second-order valence-electron chi connectivity index (χ2n) is 6.83. The van der Waals surface area contributed by atoms with Crippen LogP contribution < -0.4 is 0 Å². The first kappa shape index (κ1) is 23.8. The minimum atomic E-state index is -4.60. The van der Waals surface area contributed by atoms with Crippen LogP contribution in [0.1, 0.15) is 40.2 Å². The molecule has 31 heavy (non-hydrogen) atoms. The Labute approximate surface area is 191 Å². The van der Waals surface area contributed by atoms with Gasteiger partial charge in [-0.3, -0.25) is 4.79 Å². The predicted octanol–water partition coefficient (Wildman–Crippen LogP) is 6.22. The summed E-state index contributed by atoms with van der Waals surface area (Å²) in [5.74, 6) is -1.07. The van der Waals surface area contributed by atoms with E-state index in [-0.39, 0.29) is 22.9 Å². The Bertz CT molecular complexity index is 987. The molecule has 2 aromatic carbocycles. The van der Waals surface area contributed by atoms with E-state index < -0.39 is 35.0 Å². The van der Waals surface area contributed by atoms with Gasteiger partial charge in [0.2, 0.25) is 0 Å². The number of carbonyl (C=O) groups excluding carboxylic acids is 2. The highest BCUT2D eigenvalue weighted by molar-refractivity contribution is 7.99. The normalized spacial score (nSPS) is 18.8. The number of hydrogen-bond donors (Lipinski definition) is 0. The Morgan fingerprint density at radius 1 is 1.16 bits per heavy atom. The molecule has 1 aliphatic heterocycles. The smallest absolute Gasteiger partial charge is 0.416 e. The third-order valence-corrected chi connectivity index (χ3v) is 6.68. The molecule has 0 aromatic heterocycles. The number of hydrogen-bond acceptors (Lipinski definition) is 4. The summed E-state index contributed by atoms with van der Waals surface area (Å²) >= 11 is 13.4. The Morgan fingerprint density at radius 2 is 1.90 bits per heavy atom. The second kappa shape index (κ2) is 9.71. The molecule has 4 nitrogen and oxygen atoms in total. The molecule has 1 amide bonds. The Morgan fingerprint density at radius 3 is 2.55 bits per heavy atom. The number of amides is 1. The van der Waals surface area contributed by atoms with Crippen molar-refractivity contribution in [2.75, 3.05) is 12.4 Å². The van der Waals surface area contributed by atoms with Crippen LogP contribution in [0.2, 0.25) is 10.0 Å². The number of halogens is 5. The summed E-state index contributed by atoms with van der Waals surface area (Å²) in [5, 5.41) is -0.0534. The highest BCUT2D eigenvalue weighted by Gasteiger charge is 2.44. The number of alkyl halides is 3. The maximum atomic E-state index is 13.3. The zero-order chi connectivity index (χ0) is 22.8. The van der Waals surface area contributed by atoms with Crippen LogP contribution in [-0.2, 0) is 15.7 Å². The first-order chi connectivity index (χ1) is 14.6. The minimum Gasteiger partial charge on any atom is -0.464 e. The Hall–Kier alpha value is -1.90. The largest absolute Gasteiger partial charge is 0.464 e. The topological polar surface area (TPSA) is 46.6 Å². The second-order valence-corrected chi connectivity index (χ2v) is 8.76. The number of benzene rings is 2.